The summed E-state index contributed by atoms with van der Waals surface area (Å²) >= 11 is 0. The zero-order chi connectivity index (χ0) is 12.7. The summed E-state index contributed by atoms with van der Waals surface area (Å²) < 4.78 is 5.49. The van der Waals surface area contributed by atoms with Crippen molar-refractivity contribution in [1.82, 2.24) is 4.90 Å². The molecule has 0 radical (unpaired) electrons. The van der Waals surface area contributed by atoms with E-state index in [1.807, 2.05) is 6.92 Å². The van der Waals surface area contributed by atoms with Gasteiger partial charge in [-0.25, -0.2) is 0 Å². The molecule has 4 heteroatoms. The quantitative estimate of drug-likeness (QED) is 0.655. The van der Waals surface area contributed by atoms with E-state index in [2.05, 4.69) is 11.8 Å². The number of aliphatic hydroxyl groups is 1. The molecule has 1 fully saturated rings. The first-order valence-electron chi connectivity index (χ1n) is 6.80. The maximum Gasteiger partial charge on any atom is 0.0622 e. The topological polar surface area (TPSA) is 58.7 Å². The van der Waals surface area contributed by atoms with Crippen molar-refractivity contribution in [3.63, 3.8) is 0 Å². The van der Waals surface area contributed by atoms with Crippen LogP contribution in [0.15, 0.2) is 0 Å². The molecule has 0 saturated carbocycles. The largest absolute Gasteiger partial charge is 0.394 e. The van der Waals surface area contributed by atoms with E-state index in [-0.39, 0.29) is 6.61 Å². The van der Waals surface area contributed by atoms with E-state index < -0.39 is 5.54 Å². The Morgan fingerprint density at radius 3 is 2.88 bits per heavy atom. The van der Waals surface area contributed by atoms with Crippen LogP contribution >= 0.6 is 0 Å². The van der Waals surface area contributed by atoms with Crippen LogP contribution in [0.3, 0.4) is 0 Å². The molecule has 1 aliphatic rings. The van der Waals surface area contributed by atoms with Crippen LogP contribution in [0.5, 0.6) is 0 Å². The van der Waals surface area contributed by atoms with Gasteiger partial charge in [-0.05, 0) is 32.7 Å². The number of unbranched alkanes of at least 4 members (excludes halogenated alkanes) is 1. The lowest BCUT2D eigenvalue weighted by Crippen LogP contribution is -2.45. The summed E-state index contributed by atoms with van der Waals surface area (Å²) in [6, 6.07) is 0.589. The Morgan fingerprint density at radius 2 is 2.24 bits per heavy atom. The van der Waals surface area contributed by atoms with Crippen LogP contribution in [0.2, 0.25) is 0 Å². The van der Waals surface area contributed by atoms with Gasteiger partial charge in [-0.2, -0.15) is 0 Å². The van der Waals surface area contributed by atoms with Crippen molar-refractivity contribution < 1.29 is 9.84 Å². The SMILES string of the molecule is CCC1COCCN1CCCCC(C)(N)CO. The first-order chi connectivity index (χ1) is 8.09. The minimum absolute atomic E-state index is 0.0716. The number of nitrogens with two attached hydrogens (primary N) is 1. The van der Waals surface area contributed by atoms with Crippen molar-refractivity contribution in [2.45, 2.75) is 51.1 Å². The number of ether oxygens (including phenoxy) is 1. The van der Waals surface area contributed by atoms with Crippen molar-refractivity contribution in [1.29, 1.82) is 0 Å². The first-order valence-corrected chi connectivity index (χ1v) is 6.80. The molecule has 0 aliphatic carbocycles. The summed E-state index contributed by atoms with van der Waals surface area (Å²) in [6.07, 6.45) is 4.29. The number of aliphatic hydroxyl groups excluding tert-OH is 1. The number of hydrogen-bond acceptors (Lipinski definition) is 4. The highest BCUT2D eigenvalue weighted by Crippen LogP contribution is 2.14. The van der Waals surface area contributed by atoms with E-state index in [1.165, 1.54) is 0 Å². The van der Waals surface area contributed by atoms with Gasteiger partial charge in [0, 0.05) is 18.1 Å². The summed E-state index contributed by atoms with van der Waals surface area (Å²) in [5.41, 5.74) is 5.50. The second-order valence-corrected chi connectivity index (χ2v) is 5.44. The van der Waals surface area contributed by atoms with Gasteiger partial charge in [0.15, 0.2) is 0 Å². The molecule has 4 nitrogen and oxygen atoms in total. The Balaban J connectivity index is 2.16. The molecule has 3 N–H and O–H groups in total. The molecular formula is C13H28N2O2. The maximum absolute atomic E-state index is 9.07. The number of nitrogens with zero attached hydrogens (tertiary/aromatic N) is 1. The highest BCUT2D eigenvalue weighted by Gasteiger charge is 2.21. The van der Waals surface area contributed by atoms with Crippen molar-refractivity contribution in [3.8, 4) is 0 Å². The third-order valence-electron chi connectivity index (χ3n) is 3.63. The zero-order valence-corrected chi connectivity index (χ0v) is 11.3. The Hall–Kier alpha value is -0.160. The van der Waals surface area contributed by atoms with Crippen molar-refractivity contribution in [2.24, 2.45) is 5.73 Å². The molecule has 1 aliphatic heterocycles. The highest BCUT2D eigenvalue weighted by atomic mass is 16.5. The van der Waals surface area contributed by atoms with Gasteiger partial charge in [-0.3, -0.25) is 4.90 Å². The van der Waals surface area contributed by atoms with Gasteiger partial charge in [0.05, 0.1) is 19.8 Å². The molecule has 2 atom stereocenters. The predicted octanol–water partition coefficient (Wildman–Crippen LogP) is 0.977. The lowest BCUT2D eigenvalue weighted by atomic mass is 9.97. The van der Waals surface area contributed by atoms with Crippen LogP contribution in [0.4, 0.5) is 0 Å². The zero-order valence-electron chi connectivity index (χ0n) is 11.3. The van der Waals surface area contributed by atoms with Crippen LogP contribution < -0.4 is 5.73 Å². The maximum atomic E-state index is 9.07. The third-order valence-corrected chi connectivity index (χ3v) is 3.63. The minimum atomic E-state index is -0.408. The van der Waals surface area contributed by atoms with Gasteiger partial charge in [0.2, 0.25) is 0 Å². The van der Waals surface area contributed by atoms with Crippen LogP contribution in [0, 0.1) is 0 Å². The van der Waals surface area contributed by atoms with E-state index in [9.17, 15) is 0 Å². The van der Waals surface area contributed by atoms with E-state index in [1.54, 1.807) is 0 Å². The number of rotatable bonds is 7. The fourth-order valence-electron chi connectivity index (χ4n) is 2.28. The van der Waals surface area contributed by atoms with Crippen LogP contribution in [0.25, 0.3) is 0 Å². The molecule has 1 heterocycles. The van der Waals surface area contributed by atoms with Gasteiger partial charge in [-0.1, -0.05) is 13.3 Å². The van der Waals surface area contributed by atoms with E-state index >= 15 is 0 Å². The number of hydrogen-bond donors (Lipinski definition) is 2. The third kappa shape index (κ3) is 5.34. The van der Waals surface area contributed by atoms with Crippen LogP contribution in [-0.4, -0.2) is 54.5 Å². The Kier molecular flexibility index (Phi) is 6.41. The highest BCUT2D eigenvalue weighted by molar-refractivity contribution is 4.78. The predicted molar refractivity (Wildman–Crippen MR) is 70.0 cm³/mol. The Bertz CT molecular complexity index is 210. The van der Waals surface area contributed by atoms with Crippen LogP contribution in [0.1, 0.15) is 39.5 Å². The first kappa shape index (κ1) is 14.9. The molecule has 0 aromatic heterocycles. The van der Waals surface area contributed by atoms with E-state index in [4.69, 9.17) is 15.6 Å². The lowest BCUT2D eigenvalue weighted by molar-refractivity contribution is -0.00937. The van der Waals surface area contributed by atoms with Gasteiger partial charge in [-0.15, -0.1) is 0 Å². The smallest absolute Gasteiger partial charge is 0.0622 e. The summed E-state index contributed by atoms with van der Waals surface area (Å²) in [6.45, 7) is 8.12. The minimum Gasteiger partial charge on any atom is -0.394 e. The molecular weight excluding hydrogens is 216 g/mol. The normalized spacial score (nSPS) is 25.8. The van der Waals surface area contributed by atoms with Gasteiger partial charge < -0.3 is 15.6 Å². The molecule has 0 amide bonds. The van der Waals surface area contributed by atoms with Gasteiger partial charge in [0.1, 0.15) is 0 Å². The van der Waals surface area contributed by atoms with Crippen molar-refractivity contribution in [3.05, 3.63) is 0 Å². The lowest BCUT2D eigenvalue weighted by Gasteiger charge is -2.35. The fourth-order valence-corrected chi connectivity index (χ4v) is 2.28. The molecule has 17 heavy (non-hydrogen) atoms. The van der Waals surface area contributed by atoms with E-state index in [0.717, 1.165) is 52.0 Å². The summed E-state index contributed by atoms with van der Waals surface area (Å²) in [5, 5.41) is 9.07. The second-order valence-electron chi connectivity index (χ2n) is 5.44. The standard InChI is InChI=1S/C13H28N2O2/c1-3-12-10-17-9-8-15(12)7-5-4-6-13(2,14)11-16/h12,16H,3-11,14H2,1-2H3. The average molecular weight is 244 g/mol. The van der Waals surface area contributed by atoms with Crippen molar-refractivity contribution >= 4 is 0 Å². The molecule has 0 aromatic rings. The molecule has 0 spiro atoms. The molecule has 1 rings (SSSR count). The van der Waals surface area contributed by atoms with Crippen LogP contribution in [-0.2, 0) is 4.74 Å². The Labute approximate surface area is 105 Å². The Morgan fingerprint density at radius 1 is 1.47 bits per heavy atom. The number of morpholine rings is 1. The van der Waals surface area contributed by atoms with E-state index in [0.29, 0.717) is 6.04 Å². The summed E-state index contributed by atoms with van der Waals surface area (Å²) in [5.74, 6) is 0. The molecule has 0 bridgehead atoms. The van der Waals surface area contributed by atoms with Gasteiger partial charge in [0.25, 0.3) is 0 Å². The second kappa shape index (κ2) is 7.31. The monoisotopic (exact) mass is 244 g/mol. The molecule has 1 saturated heterocycles. The van der Waals surface area contributed by atoms with Gasteiger partial charge >= 0.3 is 0 Å². The molecule has 2 unspecified atom stereocenters. The summed E-state index contributed by atoms with van der Waals surface area (Å²) in [4.78, 5) is 2.52. The van der Waals surface area contributed by atoms with Crippen molar-refractivity contribution in [2.75, 3.05) is 32.9 Å². The summed E-state index contributed by atoms with van der Waals surface area (Å²) in [7, 11) is 0. The fraction of sp³-hybridized carbons (Fsp3) is 1.00. The average Bonchev–Trinajstić information content (AvgIpc) is 2.35. The molecule has 102 valence electrons. The molecule has 0 aromatic carbocycles.